The van der Waals surface area contributed by atoms with Crippen molar-refractivity contribution in [3.8, 4) is 51.0 Å². The summed E-state index contributed by atoms with van der Waals surface area (Å²) in [6.45, 7) is 0. The zero-order chi connectivity index (χ0) is 33.0. The second-order valence-corrected chi connectivity index (χ2v) is 12.3. The van der Waals surface area contributed by atoms with Gasteiger partial charge in [0.1, 0.15) is 11.2 Å². The number of para-hydroxylation sites is 3. The van der Waals surface area contributed by atoms with Gasteiger partial charge >= 0.3 is 0 Å². The molecule has 10 aromatic rings. The lowest BCUT2D eigenvalue weighted by Crippen LogP contribution is -2.00. The first-order chi connectivity index (χ1) is 24.8. The molecule has 0 saturated carbocycles. The van der Waals surface area contributed by atoms with Crippen molar-refractivity contribution in [1.82, 2.24) is 24.5 Å². The fraction of sp³-hybridized carbons (Fsp3) is 0. The van der Waals surface area contributed by atoms with Gasteiger partial charge in [0.2, 0.25) is 0 Å². The van der Waals surface area contributed by atoms with E-state index in [-0.39, 0.29) is 0 Å². The lowest BCUT2D eigenvalue weighted by atomic mass is 10.0. The molecule has 0 fully saturated rings. The first-order valence-electron chi connectivity index (χ1n) is 16.6. The van der Waals surface area contributed by atoms with Crippen molar-refractivity contribution >= 4 is 43.7 Å². The van der Waals surface area contributed by atoms with E-state index in [0.29, 0.717) is 17.5 Å². The van der Waals surface area contributed by atoms with Crippen molar-refractivity contribution in [3.63, 3.8) is 0 Å². The Bertz CT molecular complexity index is 2840. The van der Waals surface area contributed by atoms with E-state index in [0.717, 1.165) is 66.5 Å². The lowest BCUT2D eigenvalue weighted by Gasteiger charge is -2.09. The molecule has 6 heteroatoms. The van der Waals surface area contributed by atoms with E-state index in [4.69, 9.17) is 19.4 Å². The Morgan fingerprint density at radius 1 is 0.460 bits per heavy atom. The summed E-state index contributed by atoms with van der Waals surface area (Å²) in [5.41, 5.74) is 9.66. The maximum absolute atomic E-state index is 6.76. The molecule has 10 rings (SSSR count). The Labute approximate surface area is 287 Å². The van der Waals surface area contributed by atoms with Gasteiger partial charge in [-0.3, -0.25) is 4.98 Å². The quantitative estimate of drug-likeness (QED) is 0.187. The Balaban J connectivity index is 1.21. The predicted octanol–water partition coefficient (Wildman–Crippen LogP) is 10.9. The summed E-state index contributed by atoms with van der Waals surface area (Å²) in [5, 5.41) is 4.42. The Kier molecular flexibility index (Phi) is 6.39. The fourth-order valence-electron chi connectivity index (χ4n) is 7.05. The zero-order valence-electron chi connectivity index (χ0n) is 26.7. The van der Waals surface area contributed by atoms with Gasteiger partial charge in [0.25, 0.3) is 0 Å². The van der Waals surface area contributed by atoms with Crippen LogP contribution in [-0.2, 0) is 0 Å². The molecule has 234 valence electrons. The second kappa shape index (κ2) is 11.4. The van der Waals surface area contributed by atoms with E-state index in [1.54, 1.807) is 12.4 Å². The van der Waals surface area contributed by atoms with Crippen LogP contribution in [-0.4, -0.2) is 24.5 Å². The third kappa shape index (κ3) is 4.50. The molecule has 0 bridgehead atoms. The number of hydrogen-bond donors (Lipinski definition) is 0. The average Bonchev–Trinajstić information content (AvgIpc) is 3.75. The van der Waals surface area contributed by atoms with Crippen molar-refractivity contribution in [2.75, 3.05) is 0 Å². The number of furan rings is 1. The molecule has 0 amide bonds. The standard InChI is InChI=1S/C44H27N5O/c1-3-11-28(12-4-1)29-20-22-30(23-21-29)42-46-43(31-13-10-26-45-27-31)48-44(47-42)36-18-9-17-35-39-38(50-41(35)36)25-24-34-33-16-7-8-19-37(33)49(40(34)39)32-14-5-2-6-15-32/h1-27H. The SMILES string of the molecule is c1ccc(-c2ccc(-c3nc(-c4cccnc4)nc(-c4cccc5c4oc4ccc6c7ccccc7n(-c7ccccc7)c6c45)n3)cc2)cc1. The van der Waals surface area contributed by atoms with Crippen molar-refractivity contribution in [1.29, 1.82) is 0 Å². The van der Waals surface area contributed by atoms with Crippen LogP contribution < -0.4 is 0 Å². The molecule has 0 atom stereocenters. The first-order valence-corrected chi connectivity index (χ1v) is 16.6. The highest BCUT2D eigenvalue weighted by atomic mass is 16.3. The van der Waals surface area contributed by atoms with Gasteiger partial charge in [-0.1, -0.05) is 103 Å². The van der Waals surface area contributed by atoms with Crippen LogP contribution in [0.4, 0.5) is 0 Å². The summed E-state index contributed by atoms with van der Waals surface area (Å²) < 4.78 is 9.11. The molecule has 6 aromatic carbocycles. The molecule has 6 nitrogen and oxygen atoms in total. The van der Waals surface area contributed by atoms with Gasteiger partial charge in [-0.15, -0.1) is 0 Å². The number of fused-ring (bicyclic) bond motifs is 7. The molecule has 0 unspecified atom stereocenters. The molecule has 4 aromatic heterocycles. The van der Waals surface area contributed by atoms with E-state index < -0.39 is 0 Å². The summed E-state index contributed by atoms with van der Waals surface area (Å²) in [7, 11) is 0. The van der Waals surface area contributed by atoms with E-state index in [2.05, 4.69) is 119 Å². The number of nitrogens with zero attached hydrogens (tertiary/aromatic N) is 5. The summed E-state index contributed by atoms with van der Waals surface area (Å²) >= 11 is 0. The van der Waals surface area contributed by atoms with Crippen molar-refractivity contribution < 1.29 is 4.42 Å². The summed E-state index contributed by atoms with van der Waals surface area (Å²) in [5.74, 6) is 1.66. The van der Waals surface area contributed by atoms with Gasteiger partial charge in [-0.25, -0.2) is 15.0 Å². The van der Waals surface area contributed by atoms with Crippen LogP contribution in [0.5, 0.6) is 0 Å². The van der Waals surface area contributed by atoms with Crippen LogP contribution in [0.25, 0.3) is 94.7 Å². The van der Waals surface area contributed by atoms with Crippen LogP contribution in [0.2, 0.25) is 0 Å². The molecular weight excluding hydrogens is 615 g/mol. The molecule has 0 N–H and O–H groups in total. The monoisotopic (exact) mass is 641 g/mol. The molecule has 0 saturated heterocycles. The normalized spacial score (nSPS) is 11.6. The molecule has 4 heterocycles. The minimum absolute atomic E-state index is 0.533. The van der Waals surface area contributed by atoms with Gasteiger partial charge in [0, 0.05) is 45.4 Å². The number of pyridine rings is 1. The number of hydrogen-bond acceptors (Lipinski definition) is 5. The lowest BCUT2D eigenvalue weighted by molar-refractivity contribution is 0.669. The number of benzene rings is 6. The highest BCUT2D eigenvalue weighted by molar-refractivity contribution is 6.25. The molecule has 0 radical (unpaired) electrons. The van der Waals surface area contributed by atoms with Crippen molar-refractivity contribution in [2.24, 2.45) is 0 Å². The molecular formula is C44H27N5O. The van der Waals surface area contributed by atoms with Crippen LogP contribution in [0, 0.1) is 0 Å². The Morgan fingerprint density at radius 2 is 1.12 bits per heavy atom. The molecule has 0 aliphatic heterocycles. The highest BCUT2D eigenvalue weighted by Crippen LogP contribution is 2.43. The zero-order valence-corrected chi connectivity index (χ0v) is 26.7. The summed E-state index contributed by atoms with van der Waals surface area (Å²) in [4.78, 5) is 19.4. The van der Waals surface area contributed by atoms with E-state index in [9.17, 15) is 0 Å². The second-order valence-electron chi connectivity index (χ2n) is 12.3. The van der Waals surface area contributed by atoms with Gasteiger partial charge in [0.05, 0.1) is 22.0 Å². The summed E-state index contributed by atoms with van der Waals surface area (Å²) in [6, 6.07) is 52.1. The fourth-order valence-corrected chi connectivity index (χ4v) is 7.05. The van der Waals surface area contributed by atoms with Gasteiger partial charge < -0.3 is 8.98 Å². The predicted molar refractivity (Wildman–Crippen MR) is 201 cm³/mol. The first kappa shape index (κ1) is 28.1. The maximum Gasteiger partial charge on any atom is 0.167 e. The Morgan fingerprint density at radius 3 is 1.92 bits per heavy atom. The third-order valence-electron chi connectivity index (χ3n) is 9.36. The topological polar surface area (TPSA) is 69.6 Å². The van der Waals surface area contributed by atoms with Crippen LogP contribution in [0.3, 0.4) is 0 Å². The average molecular weight is 642 g/mol. The van der Waals surface area contributed by atoms with Crippen molar-refractivity contribution in [2.45, 2.75) is 0 Å². The smallest absolute Gasteiger partial charge is 0.167 e. The molecule has 0 aliphatic carbocycles. The van der Waals surface area contributed by atoms with Gasteiger partial charge in [-0.05, 0) is 59.7 Å². The highest BCUT2D eigenvalue weighted by Gasteiger charge is 2.22. The van der Waals surface area contributed by atoms with Crippen LogP contribution >= 0.6 is 0 Å². The maximum atomic E-state index is 6.76. The minimum Gasteiger partial charge on any atom is -0.455 e. The number of rotatable bonds is 5. The minimum atomic E-state index is 0.533. The molecule has 0 spiro atoms. The van der Waals surface area contributed by atoms with Gasteiger partial charge in [0.15, 0.2) is 17.5 Å². The van der Waals surface area contributed by atoms with E-state index in [1.807, 2.05) is 42.5 Å². The number of aromatic nitrogens is 5. The molecule has 0 aliphatic rings. The largest absolute Gasteiger partial charge is 0.455 e. The van der Waals surface area contributed by atoms with Gasteiger partial charge in [-0.2, -0.15) is 0 Å². The van der Waals surface area contributed by atoms with Crippen molar-refractivity contribution in [3.05, 3.63) is 164 Å². The summed E-state index contributed by atoms with van der Waals surface area (Å²) in [6.07, 6.45) is 3.53. The Hall–Kier alpha value is -6.92. The van der Waals surface area contributed by atoms with Crippen LogP contribution in [0.1, 0.15) is 0 Å². The van der Waals surface area contributed by atoms with Crippen LogP contribution in [0.15, 0.2) is 168 Å². The van der Waals surface area contributed by atoms with E-state index >= 15 is 0 Å². The van der Waals surface area contributed by atoms with E-state index in [1.165, 1.54) is 10.8 Å². The third-order valence-corrected chi connectivity index (χ3v) is 9.36. The molecule has 50 heavy (non-hydrogen) atoms.